The SMILES string of the molecule is [N-]=[N+]=NC(=O)CN(CCN(CC(=O)N=[N+]=[N-])CC(=O)N=[N+]=[N-])CC(=O)N=[N+]=[N-]. The second kappa shape index (κ2) is 14.1. The number of rotatable bonds is 11. The summed E-state index contributed by atoms with van der Waals surface area (Å²) in [6.07, 6.45) is 0. The fourth-order valence-corrected chi connectivity index (χ4v) is 1.80. The molecule has 0 heterocycles. The summed E-state index contributed by atoms with van der Waals surface area (Å²) in [6, 6.07) is 0. The lowest BCUT2D eigenvalue weighted by atomic mass is 10.3. The van der Waals surface area contributed by atoms with E-state index >= 15 is 0 Å². The molecule has 0 N–H and O–H groups in total. The molecule has 0 radical (unpaired) electrons. The molecule has 0 aromatic rings. The highest BCUT2D eigenvalue weighted by atomic mass is 16.2. The predicted molar refractivity (Wildman–Crippen MR) is 89.5 cm³/mol. The highest BCUT2D eigenvalue weighted by molar-refractivity contribution is 5.82. The van der Waals surface area contributed by atoms with E-state index in [1.54, 1.807) is 0 Å². The molecular formula is C10H12N14O4. The summed E-state index contributed by atoms with van der Waals surface area (Å²) in [7, 11) is 0. The Morgan fingerprint density at radius 2 is 0.750 bits per heavy atom. The van der Waals surface area contributed by atoms with Crippen LogP contribution in [0.1, 0.15) is 0 Å². The number of hydrogen-bond donors (Lipinski definition) is 0. The zero-order valence-corrected chi connectivity index (χ0v) is 14.1. The van der Waals surface area contributed by atoms with E-state index in [1.165, 1.54) is 0 Å². The Kier molecular flexibility index (Phi) is 12.0. The van der Waals surface area contributed by atoms with Crippen LogP contribution in [-0.4, -0.2) is 72.7 Å². The zero-order chi connectivity index (χ0) is 21.4. The average molecular weight is 392 g/mol. The molecule has 0 saturated heterocycles. The molecule has 0 aliphatic rings. The van der Waals surface area contributed by atoms with Gasteiger partial charge in [-0.3, -0.25) is 29.0 Å². The van der Waals surface area contributed by atoms with Crippen molar-refractivity contribution in [2.24, 2.45) is 20.5 Å². The van der Waals surface area contributed by atoms with E-state index in [0.717, 1.165) is 9.80 Å². The van der Waals surface area contributed by atoms with Crippen LogP contribution in [0.2, 0.25) is 0 Å². The second-order valence-corrected chi connectivity index (χ2v) is 4.75. The van der Waals surface area contributed by atoms with Crippen molar-refractivity contribution < 1.29 is 19.2 Å². The van der Waals surface area contributed by atoms with Gasteiger partial charge in [-0.25, -0.2) is 0 Å². The topological polar surface area (TPSA) is 270 Å². The molecule has 4 amide bonds. The van der Waals surface area contributed by atoms with Crippen molar-refractivity contribution in [1.82, 2.24) is 9.80 Å². The number of hydrogen-bond acceptors (Lipinski definition) is 6. The van der Waals surface area contributed by atoms with E-state index in [2.05, 4.69) is 40.1 Å². The number of carbonyl (C=O) groups is 4. The lowest BCUT2D eigenvalue weighted by molar-refractivity contribution is -0.124. The number of carbonyl (C=O) groups excluding carboxylic acids is 4. The minimum Gasteiger partial charge on any atom is -0.291 e. The largest absolute Gasteiger partial charge is 0.291 e. The number of amides is 4. The third-order valence-corrected chi connectivity index (χ3v) is 2.79. The lowest BCUT2D eigenvalue weighted by Gasteiger charge is -2.24. The minimum absolute atomic E-state index is 0.132. The van der Waals surface area contributed by atoms with Gasteiger partial charge in [0.05, 0.1) is 26.2 Å². The summed E-state index contributed by atoms with van der Waals surface area (Å²) in [5.74, 6) is -3.73. The second-order valence-electron chi connectivity index (χ2n) is 4.75. The maximum Gasteiger partial charge on any atom is 0.232 e. The van der Waals surface area contributed by atoms with Gasteiger partial charge in [0.15, 0.2) is 0 Å². The van der Waals surface area contributed by atoms with Gasteiger partial charge in [-0.15, -0.1) is 0 Å². The van der Waals surface area contributed by atoms with E-state index in [0.29, 0.717) is 0 Å². The molecule has 0 aliphatic heterocycles. The van der Waals surface area contributed by atoms with E-state index in [9.17, 15) is 19.2 Å². The lowest BCUT2D eigenvalue weighted by Crippen LogP contribution is -2.42. The third kappa shape index (κ3) is 11.4. The van der Waals surface area contributed by atoms with Crippen molar-refractivity contribution in [3.63, 3.8) is 0 Å². The van der Waals surface area contributed by atoms with Gasteiger partial charge in [0.2, 0.25) is 23.6 Å². The zero-order valence-electron chi connectivity index (χ0n) is 14.1. The molecule has 0 aromatic heterocycles. The third-order valence-electron chi connectivity index (χ3n) is 2.79. The van der Waals surface area contributed by atoms with Crippen LogP contribution >= 0.6 is 0 Å². The van der Waals surface area contributed by atoms with Gasteiger partial charge in [-0.1, -0.05) is 0 Å². The molecule has 18 heteroatoms. The van der Waals surface area contributed by atoms with Crippen LogP contribution in [0, 0.1) is 0 Å². The maximum absolute atomic E-state index is 11.5. The highest BCUT2D eigenvalue weighted by Crippen LogP contribution is 1.98. The smallest absolute Gasteiger partial charge is 0.232 e. The highest BCUT2D eigenvalue weighted by Gasteiger charge is 2.18. The van der Waals surface area contributed by atoms with Crippen LogP contribution in [0.25, 0.3) is 41.8 Å². The molecule has 28 heavy (non-hydrogen) atoms. The molecule has 0 bridgehead atoms. The molecule has 0 saturated carbocycles. The summed E-state index contributed by atoms with van der Waals surface area (Å²) >= 11 is 0. The van der Waals surface area contributed by atoms with Crippen LogP contribution in [-0.2, 0) is 19.2 Å². The van der Waals surface area contributed by atoms with Crippen LogP contribution < -0.4 is 0 Å². The van der Waals surface area contributed by atoms with Gasteiger partial charge < -0.3 is 0 Å². The van der Waals surface area contributed by atoms with Crippen molar-refractivity contribution >= 4 is 23.6 Å². The quantitative estimate of drug-likeness (QED) is 0.280. The Hall–Kier alpha value is -4.16. The Balaban J connectivity index is 5.25. The van der Waals surface area contributed by atoms with Gasteiger partial charge in [0, 0.05) is 32.7 Å². The first kappa shape index (κ1) is 23.8. The van der Waals surface area contributed by atoms with Crippen molar-refractivity contribution in [1.29, 1.82) is 0 Å². The van der Waals surface area contributed by atoms with Crippen LogP contribution in [0.3, 0.4) is 0 Å². The first-order valence-electron chi connectivity index (χ1n) is 7.12. The number of azide groups is 4. The number of nitrogens with zero attached hydrogens (tertiary/aromatic N) is 14. The van der Waals surface area contributed by atoms with Crippen LogP contribution in [0.15, 0.2) is 20.5 Å². The van der Waals surface area contributed by atoms with E-state index in [1.807, 2.05) is 0 Å². The van der Waals surface area contributed by atoms with Crippen molar-refractivity contribution in [3.05, 3.63) is 41.8 Å². The molecule has 0 fully saturated rings. The van der Waals surface area contributed by atoms with E-state index in [4.69, 9.17) is 22.1 Å². The average Bonchev–Trinajstić information content (AvgIpc) is 2.60. The molecular weight excluding hydrogens is 380 g/mol. The molecule has 0 spiro atoms. The van der Waals surface area contributed by atoms with Crippen LogP contribution in [0.4, 0.5) is 0 Å². The first-order valence-corrected chi connectivity index (χ1v) is 7.12. The summed E-state index contributed by atoms with van der Waals surface area (Å²) in [5.41, 5.74) is 33.0. The fourth-order valence-electron chi connectivity index (χ4n) is 1.80. The van der Waals surface area contributed by atoms with E-state index < -0.39 is 49.8 Å². The molecule has 146 valence electrons. The van der Waals surface area contributed by atoms with Gasteiger partial charge in [-0.05, 0) is 42.6 Å². The molecule has 0 aliphatic carbocycles. The summed E-state index contributed by atoms with van der Waals surface area (Å²) in [6.45, 7) is -2.32. The fraction of sp³-hybridized carbons (Fsp3) is 0.600. The summed E-state index contributed by atoms with van der Waals surface area (Å²) < 4.78 is 0. The molecule has 0 atom stereocenters. The van der Waals surface area contributed by atoms with Crippen molar-refractivity contribution in [2.45, 2.75) is 0 Å². The first-order chi connectivity index (χ1) is 13.4. The van der Waals surface area contributed by atoms with Gasteiger partial charge >= 0.3 is 0 Å². The Bertz CT molecular complexity index is 680. The predicted octanol–water partition coefficient (Wildman–Crippen LogP) is 0.938. The maximum atomic E-state index is 11.5. The van der Waals surface area contributed by atoms with Gasteiger partial charge in [0.1, 0.15) is 0 Å². The van der Waals surface area contributed by atoms with Crippen LogP contribution in [0.5, 0.6) is 0 Å². The van der Waals surface area contributed by atoms with E-state index in [-0.39, 0.29) is 13.1 Å². The monoisotopic (exact) mass is 392 g/mol. The van der Waals surface area contributed by atoms with Gasteiger partial charge in [-0.2, -0.15) is 0 Å². The molecule has 0 unspecified atom stereocenters. The standard InChI is InChI=1S/C10H12N14O4/c11-19-15-7(25)3-23(4-8(26)16-20-12)1-2-24(5-9(27)17-21-13)6-10(28)18-22-14/h1-6H2. The Morgan fingerprint density at radius 3 is 0.929 bits per heavy atom. The Labute approximate surface area is 155 Å². The van der Waals surface area contributed by atoms with Crippen molar-refractivity contribution in [3.8, 4) is 0 Å². The summed E-state index contributed by atoms with van der Waals surface area (Å²) in [4.78, 5) is 57.3. The molecule has 0 aromatic carbocycles. The molecule has 18 nitrogen and oxygen atoms in total. The van der Waals surface area contributed by atoms with Crippen molar-refractivity contribution in [2.75, 3.05) is 39.3 Å². The Morgan fingerprint density at radius 1 is 0.536 bits per heavy atom. The summed E-state index contributed by atoms with van der Waals surface area (Å²) in [5, 5.41) is 11.4. The molecule has 0 rings (SSSR count). The normalized spacial score (nSPS) is 9.36. The minimum atomic E-state index is -0.932. The van der Waals surface area contributed by atoms with Gasteiger partial charge in [0.25, 0.3) is 0 Å².